The Morgan fingerprint density at radius 2 is 2.32 bits per heavy atom. The first kappa shape index (κ1) is 16.4. The van der Waals surface area contributed by atoms with Gasteiger partial charge < -0.3 is 10.6 Å². The molecular weight excluding hydrogens is 318 g/mol. The third kappa shape index (κ3) is 3.09. The minimum absolute atomic E-state index is 0. The van der Waals surface area contributed by atoms with Crippen molar-refractivity contribution in [1.82, 2.24) is 30.4 Å². The Labute approximate surface area is 130 Å². The van der Waals surface area contributed by atoms with Crippen LogP contribution in [0.3, 0.4) is 0 Å². The zero-order valence-corrected chi connectivity index (χ0v) is 12.3. The lowest BCUT2D eigenvalue weighted by atomic mass is 10.1. The summed E-state index contributed by atoms with van der Waals surface area (Å²) >= 11 is 0. The highest BCUT2D eigenvalue weighted by Gasteiger charge is 2.22. The molecule has 2 aromatic heterocycles. The number of H-pyrrole nitrogens is 1. The van der Waals surface area contributed by atoms with Gasteiger partial charge in [0, 0.05) is 43.2 Å². The van der Waals surface area contributed by atoms with E-state index in [-0.39, 0.29) is 24.8 Å². The van der Waals surface area contributed by atoms with Gasteiger partial charge in [-0.2, -0.15) is 13.9 Å². The van der Waals surface area contributed by atoms with Crippen LogP contribution in [0.5, 0.6) is 0 Å². The quantitative estimate of drug-likeness (QED) is 0.779. The molecule has 3 heterocycles. The van der Waals surface area contributed by atoms with Crippen LogP contribution in [0.4, 0.5) is 8.78 Å². The van der Waals surface area contributed by atoms with Crippen LogP contribution in [-0.4, -0.2) is 32.2 Å². The van der Waals surface area contributed by atoms with Gasteiger partial charge in [-0.15, -0.1) is 12.4 Å². The van der Waals surface area contributed by atoms with E-state index in [0.717, 1.165) is 24.2 Å². The number of aromatic amines is 1. The number of carbonyl (C=O) groups excluding carboxylic acids is 1. The molecule has 120 valence electrons. The fourth-order valence-electron chi connectivity index (χ4n) is 2.31. The molecular formula is C12H15ClF2N6O. The Balaban J connectivity index is 0.00000176. The molecule has 10 heteroatoms. The van der Waals surface area contributed by atoms with Gasteiger partial charge in [0.25, 0.3) is 5.91 Å². The highest BCUT2D eigenvalue weighted by atomic mass is 35.5. The van der Waals surface area contributed by atoms with Gasteiger partial charge >= 0.3 is 6.55 Å². The van der Waals surface area contributed by atoms with Crippen molar-refractivity contribution in [3.63, 3.8) is 0 Å². The number of imidazole rings is 1. The lowest BCUT2D eigenvalue weighted by molar-refractivity contribution is 0.0660. The number of nitrogens with one attached hydrogen (secondary N) is 3. The fraction of sp³-hybridized carbons (Fsp3) is 0.417. The second-order valence-corrected chi connectivity index (χ2v) is 4.67. The minimum atomic E-state index is -2.68. The number of carbonyl (C=O) groups is 1. The van der Waals surface area contributed by atoms with Crippen LogP contribution in [-0.2, 0) is 19.5 Å². The molecule has 0 fully saturated rings. The number of halogens is 3. The average molecular weight is 333 g/mol. The first-order valence-corrected chi connectivity index (χ1v) is 6.51. The highest BCUT2D eigenvalue weighted by Crippen LogP contribution is 2.16. The summed E-state index contributed by atoms with van der Waals surface area (Å²) in [5.41, 5.74) is 2.07. The second-order valence-electron chi connectivity index (χ2n) is 4.67. The van der Waals surface area contributed by atoms with Crippen LogP contribution >= 0.6 is 12.4 Å². The van der Waals surface area contributed by atoms with Gasteiger partial charge in [-0.25, -0.2) is 4.98 Å². The monoisotopic (exact) mass is 332 g/mol. The first-order chi connectivity index (χ1) is 10.2. The van der Waals surface area contributed by atoms with E-state index in [2.05, 4.69) is 25.8 Å². The van der Waals surface area contributed by atoms with Gasteiger partial charge in [0.2, 0.25) is 0 Å². The predicted molar refractivity (Wildman–Crippen MR) is 75.9 cm³/mol. The Morgan fingerprint density at radius 1 is 1.50 bits per heavy atom. The van der Waals surface area contributed by atoms with E-state index in [4.69, 9.17) is 0 Å². The summed E-state index contributed by atoms with van der Waals surface area (Å²) < 4.78 is 26.0. The normalized spacial score (nSPS) is 13.6. The minimum Gasteiger partial charge on any atom is -0.343 e. The summed E-state index contributed by atoms with van der Waals surface area (Å²) in [6, 6.07) is 0. The summed E-state index contributed by atoms with van der Waals surface area (Å²) in [6.45, 7) is -1.35. The van der Waals surface area contributed by atoms with Crippen molar-refractivity contribution in [3.05, 3.63) is 35.2 Å². The van der Waals surface area contributed by atoms with Crippen LogP contribution in [0, 0.1) is 0 Å². The number of alkyl halides is 2. The van der Waals surface area contributed by atoms with Crippen molar-refractivity contribution in [2.45, 2.75) is 26.1 Å². The molecule has 0 aliphatic carbocycles. The smallest absolute Gasteiger partial charge is 0.319 e. The predicted octanol–water partition coefficient (Wildman–Crippen LogP) is 0.999. The maximum atomic E-state index is 12.7. The van der Waals surface area contributed by atoms with Crippen LogP contribution in [0.25, 0.3) is 0 Å². The zero-order valence-electron chi connectivity index (χ0n) is 11.5. The van der Waals surface area contributed by atoms with Crippen LogP contribution in [0.15, 0.2) is 12.4 Å². The third-order valence-corrected chi connectivity index (χ3v) is 3.39. The van der Waals surface area contributed by atoms with Crippen molar-refractivity contribution in [2.24, 2.45) is 0 Å². The van der Waals surface area contributed by atoms with Gasteiger partial charge in [0.05, 0.1) is 6.54 Å². The third-order valence-electron chi connectivity index (χ3n) is 3.39. The SMILES string of the molecule is Cl.O=C(NCc1nccn1C(F)F)c1n[nH]c2c1CNCC2. The first-order valence-electron chi connectivity index (χ1n) is 6.51. The number of fused-ring (bicyclic) bond motifs is 1. The van der Waals surface area contributed by atoms with Gasteiger partial charge in [-0.1, -0.05) is 0 Å². The lowest BCUT2D eigenvalue weighted by Gasteiger charge is -2.13. The molecule has 3 rings (SSSR count). The number of rotatable bonds is 4. The average Bonchev–Trinajstić information content (AvgIpc) is 3.11. The molecule has 0 unspecified atom stereocenters. The van der Waals surface area contributed by atoms with Gasteiger partial charge in [0.1, 0.15) is 5.82 Å². The van der Waals surface area contributed by atoms with E-state index in [1.165, 1.54) is 12.4 Å². The van der Waals surface area contributed by atoms with E-state index in [1.54, 1.807) is 0 Å². The highest BCUT2D eigenvalue weighted by molar-refractivity contribution is 5.93. The molecule has 0 bridgehead atoms. The van der Waals surface area contributed by atoms with E-state index >= 15 is 0 Å². The zero-order chi connectivity index (χ0) is 14.8. The van der Waals surface area contributed by atoms with Crippen molar-refractivity contribution >= 4 is 18.3 Å². The van der Waals surface area contributed by atoms with Crippen molar-refractivity contribution in [3.8, 4) is 0 Å². The molecule has 1 amide bonds. The van der Waals surface area contributed by atoms with Crippen molar-refractivity contribution in [1.29, 1.82) is 0 Å². The maximum absolute atomic E-state index is 12.7. The maximum Gasteiger partial charge on any atom is 0.319 e. The van der Waals surface area contributed by atoms with Crippen LogP contribution in [0.1, 0.15) is 34.1 Å². The molecule has 2 aromatic rings. The van der Waals surface area contributed by atoms with E-state index in [0.29, 0.717) is 16.8 Å². The molecule has 22 heavy (non-hydrogen) atoms. The standard InChI is InChI=1S/C12H14F2N6O.ClH/c13-12(14)20-4-3-16-9(20)6-17-11(21)10-7-5-15-2-1-8(7)18-19-10;/h3-4,12,15H,1-2,5-6H2,(H,17,21)(H,18,19);1H. The van der Waals surface area contributed by atoms with Crippen molar-refractivity contribution in [2.75, 3.05) is 6.54 Å². The number of nitrogens with zero attached hydrogens (tertiary/aromatic N) is 3. The molecule has 0 spiro atoms. The molecule has 1 aliphatic heterocycles. The molecule has 0 saturated heterocycles. The second kappa shape index (κ2) is 6.84. The number of hydrogen-bond donors (Lipinski definition) is 3. The summed E-state index contributed by atoms with van der Waals surface area (Å²) in [5.74, 6) is -0.305. The van der Waals surface area contributed by atoms with Gasteiger partial charge in [-0.05, 0) is 0 Å². The number of aromatic nitrogens is 4. The fourth-order valence-corrected chi connectivity index (χ4v) is 2.31. The lowest BCUT2D eigenvalue weighted by Crippen LogP contribution is -2.29. The summed E-state index contributed by atoms with van der Waals surface area (Å²) in [7, 11) is 0. The summed E-state index contributed by atoms with van der Waals surface area (Å²) in [4.78, 5) is 15.9. The molecule has 3 N–H and O–H groups in total. The van der Waals surface area contributed by atoms with E-state index in [1.807, 2.05) is 0 Å². The Morgan fingerprint density at radius 3 is 3.09 bits per heavy atom. The molecule has 0 aromatic carbocycles. The van der Waals surface area contributed by atoms with Crippen LogP contribution in [0.2, 0.25) is 0 Å². The Bertz CT molecular complexity index is 656. The molecule has 0 radical (unpaired) electrons. The van der Waals surface area contributed by atoms with E-state index in [9.17, 15) is 13.6 Å². The molecule has 0 atom stereocenters. The van der Waals surface area contributed by atoms with Gasteiger partial charge in [-0.3, -0.25) is 14.5 Å². The summed E-state index contributed by atoms with van der Waals surface area (Å²) in [5, 5.41) is 12.6. The number of hydrogen-bond acceptors (Lipinski definition) is 4. The Kier molecular flexibility index (Phi) is 5.09. The largest absolute Gasteiger partial charge is 0.343 e. The molecule has 1 aliphatic rings. The van der Waals surface area contributed by atoms with Crippen molar-refractivity contribution < 1.29 is 13.6 Å². The van der Waals surface area contributed by atoms with Crippen LogP contribution < -0.4 is 10.6 Å². The number of amides is 1. The van der Waals surface area contributed by atoms with E-state index < -0.39 is 12.5 Å². The van der Waals surface area contributed by atoms with Gasteiger partial charge in [0.15, 0.2) is 5.69 Å². The Hall–Kier alpha value is -2.00. The topological polar surface area (TPSA) is 87.6 Å². The molecule has 7 nitrogen and oxygen atoms in total. The summed E-state index contributed by atoms with van der Waals surface area (Å²) in [6.07, 6.45) is 3.23. The molecule has 0 saturated carbocycles.